The number of nitrogens with one attached hydrogen (secondary N) is 1. The van der Waals surface area contributed by atoms with Gasteiger partial charge < -0.3 is 10.1 Å². The summed E-state index contributed by atoms with van der Waals surface area (Å²) in [5.74, 6) is 1.10. The summed E-state index contributed by atoms with van der Waals surface area (Å²) in [6, 6.07) is 4.37. The molecular weight excluding hydrogens is 212 g/mol. The number of aromatic nitrogens is 1. The number of hydrogen-bond donors (Lipinski definition) is 1. The fraction of sp³-hybridized carbons (Fsp3) is 0.500. The van der Waals surface area contributed by atoms with Gasteiger partial charge >= 0.3 is 0 Å². The minimum Gasteiger partial charge on any atom is -0.497 e. The minimum absolute atomic E-state index is 0.282. The lowest BCUT2D eigenvalue weighted by Gasteiger charge is -2.24. The van der Waals surface area contributed by atoms with Crippen LogP contribution in [0, 0.1) is 0 Å². The first kappa shape index (κ1) is 12.1. The second kappa shape index (κ2) is 6.40. The fourth-order valence-electron chi connectivity index (χ4n) is 2.09. The van der Waals surface area contributed by atoms with Gasteiger partial charge in [0.1, 0.15) is 5.76 Å². The number of allylic oxidation sites excluding steroid dienone is 1. The highest BCUT2D eigenvalue weighted by molar-refractivity contribution is 5.16. The van der Waals surface area contributed by atoms with Crippen LogP contribution in [-0.4, -0.2) is 24.2 Å². The molecule has 1 aromatic heterocycles. The Morgan fingerprint density at radius 2 is 2.47 bits per heavy atom. The molecule has 0 amide bonds. The van der Waals surface area contributed by atoms with E-state index in [0.29, 0.717) is 0 Å². The van der Waals surface area contributed by atoms with E-state index in [1.54, 1.807) is 0 Å². The SMILES string of the molecule is CCNC(Cc1cccnc1)C1=CCCCO1. The van der Waals surface area contributed by atoms with Gasteiger partial charge in [0.2, 0.25) is 0 Å². The molecule has 2 heterocycles. The Balaban J connectivity index is 2.04. The maximum atomic E-state index is 5.74. The van der Waals surface area contributed by atoms with Gasteiger partial charge in [0.05, 0.1) is 12.6 Å². The zero-order valence-electron chi connectivity index (χ0n) is 10.4. The van der Waals surface area contributed by atoms with Crippen LogP contribution in [0.2, 0.25) is 0 Å². The Morgan fingerprint density at radius 1 is 1.53 bits per heavy atom. The van der Waals surface area contributed by atoms with Crippen molar-refractivity contribution in [2.75, 3.05) is 13.2 Å². The quantitative estimate of drug-likeness (QED) is 0.846. The van der Waals surface area contributed by atoms with Gasteiger partial charge in [-0.1, -0.05) is 13.0 Å². The summed E-state index contributed by atoms with van der Waals surface area (Å²) in [4.78, 5) is 4.15. The van der Waals surface area contributed by atoms with Gasteiger partial charge in [0.25, 0.3) is 0 Å². The lowest BCUT2D eigenvalue weighted by Crippen LogP contribution is -2.34. The highest BCUT2D eigenvalue weighted by atomic mass is 16.5. The Morgan fingerprint density at radius 3 is 3.12 bits per heavy atom. The summed E-state index contributed by atoms with van der Waals surface area (Å²) in [5.41, 5.74) is 1.24. The number of ether oxygens (including phenoxy) is 1. The van der Waals surface area contributed by atoms with Crippen molar-refractivity contribution in [2.24, 2.45) is 0 Å². The number of rotatable bonds is 5. The highest BCUT2D eigenvalue weighted by Crippen LogP contribution is 2.16. The van der Waals surface area contributed by atoms with E-state index < -0.39 is 0 Å². The van der Waals surface area contributed by atoms with E-state index in [4.69, 9.17) is 4.74 Å². The Hall–Kier alpha value is -1.35. The van der Waals surface area contributed by atoms with Crippen molar-refractivity contribution in [3.63, 3.8) is 0 Å². The number of pyridine rings is 1. The Kier molecular flexibility index (Phi) is 4.56. The van der Waals surface area contributed by atoms with Crippen molar-refractivity contribution >= 4 is 0 Å². The van der Waals surface area contributed by atoms with Crippen LogP contribution in [0.1, 0.15) is 25.3 Å². The summed E-state index contributed by atoms with van der Waals surface area (Å²) >= 11 is 0. The van der Waals surface area contributed by atoms with Crippen molar-refractivity contribution in [3.8, 4) is 0 Å². The number of nitrogens with zero attached hydrogens (tertiary/aromatic N) is 1. The molecule has 1 aliphatic heterocycles. The van der Waals surface area contributed by atoms with Gasteiger partial charge in [-0.05, 0) is 43.5 Å². The van der Waals surface area contributed by atoms with Crippen molar-refractivity contribution in [3.05, 3.63) is 41.9 Å². The van der Waals surface area contributed by atoms with Gasteiger partial charge in [-0.3, -0.25) is 4.98 Å². The van der Waals surface area contributed by atoms with E-state index >= 15 is 0 Å². The van der Waals surface area contributed by atoms with E-state index in [1.165, 1.54) is 5.56 Å². The van der Waals surface area contributed by atoms with Crippen LogP contribution in [0.4, 0.5) is 0 Å². The Bertz CT molecular complexity index is 362. The standard InChI is InChI=1S/C14H20N2O/c1-2-16-13(14-7-3-4-9-17-14)10-12-6-5-8-15-11-12/h5-8,11,13,16H,2-4,9-10H2,1H3. The smallest absolute Gasteiger partial charge is 0.109 e. The summed E-state index contributed by atoms with van der Waals surface area (Å²) in [6.45, 7) is 3.92. The van der Waals surface area contributed by atoms with E-state index in [9.17, 15) is 0 Å². The normalized spacial score (nSPS) is 17.1. The maximum Gasteiger partial charge on any atom is 0.109 e. The largest absolute Gasteiger partial charge is 0.497 e. The fourth-order valence-corrected chi connectivity index (χ4v) is 2.09. The number of hydrogen-bond acceptors (Lipinski definition) is 3. The zero-order valence-corrected chi connectivity index (χ0v) is 10.4. The molecule has 17 heavy (non-hydrogen) atoms. The molecule has 0 bridgehead atoms. The van der Waals surface area contributed by atoms with E-state index in [2.05, 4.69) is 29.4 Å². The van der Waals surface area contributed by atoms with Gasteiger partial charge in [0, 0.05) is 12.4 Å². The van der Waals surface area contributed by atoms with Gasteiger partial charge in [0.15, 0.2) is 0 Å². The van der Waals surface area contributed by atoms with Crippen LogP contribution >= 0.6 is 0 Å². The maximum absolute atomic E-state index is 5.74. The first-order valence-corrected chi connectivity index (χ1v) is 6.35. The molecule has 1 unspecified atom stereocenters. The predicted octanol–water partition coefficient (Wildman–Crippen LogP) is 2.30. The van der Waals surface area contributed by atoms with Crippen molar-refractivity contribution in [1.29, 1.82) is 0 Å². The van der Waals surface area contributed by atoms with Crippen LogP contribution in [-0.2, 0) is 11.2 Å². The third-order valence-corrected chi connectivity index (χ3v) is 2.92. The zero-order chi connectivity index (χ0) is 11.9. The molecule has 0 aromatic carbocycles. The first-order valence-electron chi connectivity index (χ1n) is 6.35. The molecule has 0 spiro atoms. The molecule has 3 nitrogen and oxygen atoms in total. The molecule has 1 aliphatic rings. The van der Waals surface area contributed by atoms with Gasteiger partial charge in [-0.2, -0.15) is 0 Å². The average Bonchev–Trinajstić information content (AvgIpc) is 2.40. The molecule has 2 rings (SSSR count). The minimum atomic E-state index is 0.282. The van der Waals surface area contributed by atoms with Crippen LogP contribution in [0.5, 0.6) is 0 Å². The van der Waals surface area contributed by atoms with Crippen LogP contribution in [0.25, 0.3) is 0 Å². The second-order valence-electron chi connectivity index (χ2n) is 4.27. The summed E-state index contributed by atoms with van der Waals surface area (Å²) in [6.07, 6.45) is 9.15. The average molecular weight is 232 g/mol. The van der Waals surface area contributed by atoms with Crippen LogP contribution in [0.15, 0.2) is 36.4 Å². The summed E-state index contributed by atoms with van der Waals surface area (Å²) < 4.78 is 5.74. The molecule has 1 atom stereocenters. The molecule has 0 saturated heterocycles. The summed E-state index contributed by atoms with van der Waals surface area (Å²) in [7, 11) is 0. The van der Waals surface area contributed by atoms with Gasteiger partial charge in [-0.25, -0.2) is 0 Å². The van der Waals surface area contributed by atoms with Crippen molar-refractivity contribution in [2.45, 2.75) is 32.2 Å². The monoisotopic (exact) mass is 232 g/mol. The van der Waals surface area contributed by atoms with E-state index in [0.717, 1.165) is 38.2 Å². The molecule has 0 saturated carbocycles. The summed E-state index contributed by atoms with van der Waals surface area (Å²) in [5, 5.41) is 3.48. The molecule has 3 heteroatoms. The lowest BCUT2D eigenvalue weighted by atomic mass is 10.0. The molecule has 0 aliphatic carbocycles. The van der Waals surface area contributed by atoms with Crippen LogP contribution in [0.3, 0.4) is 0 Å². The highest BCUT2D eigenvalue weighted by Gasteiger charge is 2.17. The molecular formula is C14H20N2O. The third kappa shape index (κ3) is 3.56. The molecule has 92 valence electrons. The third-order valence-electron chi connectivity index (χ3n) is 2.92. The molecule has 1 aromatic rings. The number of likely N-dealkylation sites (N-methyl/N-ethyl adjacent to an activating group) is 1. The molecule has 0 fully saturated rings. The van der Waals surface area contributed by atoms with E-state index in [-0.39, 0.29) is 6.04 Å². The van der Waals surface area contributed by atoms with E-state index in [1.807, 2.05) is 18.5 Å². The first-order chi connectivity index (χ1) is 8.40. The predicted molar refractivity (Wildman–Crippen MR) is 68.7 cm³/mol. The molecule has 0 radical (unpaired) electrons. The molecule has 1 N–H and O–H groups in total. The topological polar surface area (TPSA) is 34.2 Å². The van der Waals surface area contributed by atoms with Crippen LogP contribution < -0.4 is 5.32 Å². The van der Waals surface area contributed by atoms with Crippen molar-refractivity contribution in [1.82, 2.24) is 10.3 Å². The van der Waals surface area contributed by atoms with Gasteiger partial charge in [-0.15, -0.1) is 0 Å². The lowest BCUT2D eigenvalue weighted by molar-refractivity contribution is 0.167. The van der Waals surface area contributed by atoms with Crippen molar-refractivity contribution < 1.29 is 4.74 Å². The Labute approximate surface area is 103 Å². The second-order valence-corrected chi connectivity index (χ2v) is 4.27.